The van der Waals surface area contributed by atoms with Crippen LogP contribution in [0.4, 0.5) is 0 Å². The van der Waals surface area contributed by atoms with Gasteiger partial charge in [0.15, 0.2) is 0 Å². The first-order valence-electron chi connectivity index (χ1n) is 6.26. The van der Waals surface area contributed by atoms with Gasteiger partial charge < -0.3 is 5.73 Å². The van der Waals surface area contributed by atoms with Crippen molar-refractivity contribution in [3.63, 3.8) is 0 Å². The molecule has 2 saturated carbocycles. The highest BCUT2D eigenvalue weighted by Gasteiger charge is 2.39. The highest BCUT2D eigenvalue weighted by Crippen LogP contribution is 2.38. The highest BCUT2D eigenvalue weighted by molar-refractivity contribution is 4.97. The summed E-state index contributed by atoms with van der Waals surface area (Å²) in [7, 11) is 0. The number of nitrogens with two attached hydrogens (primary N) is 1. The summed E-state index contributed by atoms with van der Waals surface area (Å²) in [5, 5.41) is 0. The number of hydrogen-bond donors (Lipinski definition) is 1. The van der Waals surface area contributed by atoms with Crippen LogP contribution < -0.4 is 5.73 Å². The van der Waals surface area contributed by atoms with Gasteiger partial charge in [-0.25, -0.2) is 0 Å². The standard InChI is InChI=1S/C12H24N2/c1-2-14(9-11-5-6-11)12(10-13)7-3-4-8-12/h11H,2-10,13H2,1H3. The molecule has 0 spiro atoms. The van der Waals surface area contributed by atoms with Crippen molar-refractivity contribution in [3.05, 3.63) is 0 Å². The van der Waals surface area contributed by atoms with Gasteiger partial charge in [0, 0.05) is 18.6 Å². The van der Waals surface area contributed by atoms with E-state index in [1.807, 2.05) is 0 Å². The third-order valence-corrected chi connectivity index (χ3v) is 4.14. The second-order valence-electron chi connectivity index (χ2n) is 5.12. The Kier molecular flexibility index (Phi) is 3.13. The average molecular weight is 196 g/mol. The quantitative estimate of drug-likeness (QED) is 0.728. The van der Waals surface area contributed by atoms with Gasteiger partial charge in [-0.1, -0.05) is 19.8 Å². The maximum Gasteiger partial charge on any atom is 0.0331 e. The van der Waals surface area contributed by atoms with E-state index in [1.54, 1.807) is 0 Å². The van der Waals surface area contributed by atoms with Crippen LogP contribution in [0.5, 0.6) is 0 Å². The fourth-order valence-corrected chi connectivity index (χ4v) is 2.95. The van der Waals surface area contributed by atoms with Crippen LogP contribution in [0, 0.1) is 5.92 Å². The molecule has 0 heterocycles. The summed E-state index contributed by atoms with van der Waals surface area (Å²) in [5.41, 5.74) is 6.39. The van der Waals surface area contributed by atoms with Gasteiger partial charge >= 0.3 is 0 Å². The molecule has 0 atom stereocenters. The zero-order valence-electron chi connectivity index (χ0n) is 9.47. The van der Waals surface area contributed by atoms with Crippen LogP contribution in [0.1, 0.15) is 45.4 Å². The minimum atomic E-state index is 0.386. The van der Waals surface area contributed by atoms with Gasteiger partial charge in [0.05, 0.1) is 0 Å². The first kappa shape index (κ1) is 10.4. The zero-order chi connectivity index (χ0) is 10.0. The molecule has 0 radical (unpaired) electrons. The molecule has 2 aliphatic rings. The Balaban J connectivity index is 1.98. The van der Waals surface area contributed by atoms with Gasteiger partial charge in [0.25, 0.3) is 0 Å². The predicted octanol–water partition coefficient (Wildman–Crippen LogP) is 1.99. The summed E-state index contributed by atoms with van der Waals surface area (Å²) in [6.45, 7) is 5.66. The molecule has 2 nitrogen and oxygen atoms in total. The Hall–Kier alpha value is -0.0800. The van der Waals surface area contributed by atoms with Crippen molar-refractivity contribution < 1.29 is 0 Å². The number of nitrogens with zero attached hydrogens (tertiary/aromatic N) is 1. The predicted molar refractivity (Wildman–Crippen MR) is 60.2 cm³/mol. The van der Waals surface area contributed by atoms with E-state index in [1.165, 1.54) is 51.6 Å². The molecule has 2 aliphatic carbocycles. The monoisotopic (exact) mass is 196 g/mol. The molecule has 0 bridgehead atoms. The van der Waals surface area contributed by atoms with Crippen LogP contribution in [0.25, 0.3) is 0 Å². The van der Waals surface area contributed by atoms with Gasteiger partial charge in [-0.15, -0.1) is 0 Å². The van der Waals surface area contributed by atoms with Crippen molar-refractivity contribution in [3.8, 4) is 0 Å². The molecule has 0 amide bonds. The number of hydrogen-bond acceptors (Lipinski definition) is 2. The minimum Gasteiger partial charge on any atom is -0.329 e. The first-order chi connectivity index (χ1) is 6.80. The lowest BCUT2D eigenvalue weighted by molar-refractivity contribution is 0.0997. The molecule has 0 unspecified atom stereocenters. The maximum atomic E-state index is 6.00. The van der Waals surface area contributed by atoms with E-state index in [0.29, 0.717) is 5.54 Å². The van der Waals surface area contributed by atoms with Gasteiger partial charge in [-0.2, -0.15) is 0 Å². The van der Waals surface area contributed by atoms with Gasteiger partial charge in [-0.05, 0) is 38.1 Å². The van der Waals surface area contributed by atoms with Crippen molar-refractivity contribution in [1.29, 1.82) is 0 Å². The summed E-state index contributed by atoms with van der Waals surface area (Å²) < 4.78 is 0. The Morgan fingerprint density at radius 3 is 2.36 bits per heavy atom. The van der Waals surface area contributed by atoms with Crippen molar-refractivity contribution in [2.45, 2.75) is 51.0 Å². The molecule has 2 rings (SSSR count). The van der Waals surface area contributed by atoms with E-state index in [-0.39, 0.29) is 0 Å². The van der Waals surface area contributed by atoms with Crippen LogP contribution in [0.2, 0.25) is 0 Å². The summed E-state index contributed by atoms with van der Waals surface area (Å²) in [6.07, 6.45) is 8.36. The average Bonchev–Trinajstić information content (AvgIpc) is 2.91. The summed E-state index contributed by atoms with van der Waals surface area (Å²) >= 11 is 0. The Bertz CT molecular complexity index is 181. The van der Waals surface area contributed by atoms with E-state index < -0.39 is 0 Å². The smallest absolute Gasteiger partial charge is 0.0331 e. The van der Waals surface area contributed by atoms with Gasteiger partial charge in [0.2, 0.25) is 0 Å². The highest BCUT2D eigenvalue weighted by atomic mass is 15.2. The number of likely N-dealkylation sites (N-methyl/N-ethyl adjacent to an activating group) is 1. The lowest BCUT2D eigenvalue weighted by atomic mass is 9.94. The molecule has 0 aromatic carbocycles. The van der Waals surface area contributed by atoms with Crippen LogP contribution in [-0.4, -0.2) is 30.1 Å². The van der Waals surface area contributed by atoms with Crippen LogP contribution in [0.15, 0.2) is 0 Å². The normalized spacial score (nSPS) is 25.9. The molecule has 82 valence electrons. The third kappa shape index (κ3) is 1.96. The van der Waals surface area contributed by atoms with E-state index in [0.717, 1.165) is 12.5 Å². The Labute approximate surface area is 87.8 Å². The Morgan fingerprint density at radius 1 is 1.29 bits per heavy atom. The fourth-order valence-electron chi connectivity index (χ4n) is 2.95. The molecule has 0 aromatic rings. The molecule has 0 saturated heterocycles. The lowest BCUT2D eigenvalue weighted by Crippen LogP contribution is -2.52. The third-order valence-electron chi connectivity index (χ3n) is 4.14. The molecule has 0 aliphatic heterocycles. The van der Waals surface area contributed by atoms with E-state index >= 15 is 0 Å². The topological polar surface area (TPSA) is 29.3 Å². The molecule has 2 heteroatoms. The molecule has 0 aromatic heterocycles. The summed E-state index contributed by atoms with van der Waals surface area (Å²) in [4.78, 5) is 2.68. The number of rotatable bonds is 5. The Morgan fingerprint density at radius 2 is 1.93 bits per heavy atom. The van der Waals surface area contributed by atoms with Crippen LogP contribution in [0.3, 0.4) is 0 Å². The van der Waals surface area contributed by atoms with E-state index in [2.05, 4.69) is 11.8 Å². The second kappa shape index (κ2) is 4.19. The van der Waals surface area contributed by atoms with E-state index in [9.17, 15) is 0 Å². The maximum absolute atomic E-state index is 6.00. The molecular weight excluding hydrogens is 172 g/mol. The summed E-state index contributed by atoms with van der Waals surface area (Å²) in [6, 6.07) is 0. The van der Waals surface area contributed by atoms with Crippen LogP contribution >= 0.6 is 0 Å². The minimum absolute atomic E-state index is 0.386. The molecule has 2 fully saturated rings. The van der Waals surface area contributed by atoms with E-state index in [4.69, 9.17) is 5.73 Å². The first-order valence-corrected chi connectivity index (χ1v) is 6.26. The fraction of sp³-hybridized carbons (Fsp3) is 1.00. The lowest BCUT2D eigenvalue weighted by Gasteiger charge is -2.40. The SMILES string of the molecule is CCN(CC1CC1)C1(CN)CCCC1. The van der Waals surface area contributed by atoms with Crippen molar-refractivity contribution in [2.24, 2.45) is 11.7 Å². The summed E-state index contributed by atoms with van der Waals surface area (Å²) in [5.74, 6) is 0.999. The largest absolute Gasteiger partial charge is 0.329 e. The molecule has 2 N–H and O–H groups in total. The van der Waals surface area contributed by atoms with Crippen molar-refractivity contribution in [2.75, 3.05) is 19.6 Å². The van der Waals surface area contributed by atoms with Crippen molar-refractivity contribution in [1.82, 2.24) is 4.90 Å². The molecule has 14 heavy (non-hydrogen) atoms. The van der Waals surface area contributed by atoms with Gasteiger partial charge in [0.1, 0.15) is 0 Å². The van der Waals surface area contributed by atoms with Crippen LogP contribution in [-0.2, 0) is 0 Å². The van der Waals surface area contributed by atoms with Crippen molar-refractivity contribution >= 4 is 0 Å². The molecular formula is C12H24N2. The second-order valence-corrected chi connectivity index (χ2v) is 5.12. The zero-order valence-corrected chi connectivity index (χ0v) is 9.47. The van der Waals surface area contributed by atoms with Gasteiger partial charge in [-0.3, -0.25) is 4.90 Å².